The highest BCUT2D eigenvalue weighted by molar-refractivity contribution is 5.80. The van der Waals surface area contributed by atoms with E-state index in [4.69, 9.17) is 4.42 Å². The normalized spacial score (nSPS) is 11.2. The van der Waals surface area contributed by atoms with Gasteiger partial charge in [-0.15, -0.1) is 4.68 Å². The molecule has 0 amide bonds. The Morgan fingerprint density at radius 3 is 3.00 bits per heavy atom. The van der Waals surface area contributed by atoms with Gasteiger partial charge >= 0.3 is 5.63 Å². The lowest BCUT2D eigenvalue weighted by molar-refractivity contribution is -0.688. The summed E-state index contributed by atoms with van der Waals surface area (Å²) in [6.45, 7) is 5.72. The van der Waals surface area contributed by atoms with Crippen LogP contribution in [0.4, 0.5) is 0 Å². The molecule has 0 radical (unpaired) electrons. The number of unbranched alkanes of at least 4 members (excludes halogenated alkanes) is 1. The minimum Gasteiger partial charge on any atom is -0.423 e. The van der Waals surface area contributed by atoms with Crippen LogP contribution in [0.15, 0.2) is 46.1 Å². The van der Waals surface area contributed by atoms with E-state index in [0.717, 1.165) is 35.9 Å². The highest BCUT2D eigenvalue weighted by Crippen LogP contribution is 2.18. The molecule has 3 rings (SSSR count). The molecule has 0 aliphatic rings. The Labute approximate surface area is 128 Å². The van der Waals surface area contributed by atoms with Gasteiger partial charge in [0, 0.05) is 22.1 Å². The summed E-state index contributed by atoms with van der Waals surface area (Å²) in [7, 11) is 0. The fraction of sp³-hybridized carbons (Fsp3) is 0.353. The monoisotopic (exact) mass is 298 g/mol. The quantitative estimate of drug-likeness (QED) is 0.537. The maximum Gasteiger partial charge on any atom is 0.336 e. The second-order valence-electron chi connectivity index (χ2n) is 5.63. The summed E-state index contributed by atoms with van der Waals surface area (Å²) >= 11 is 0. The fourth-order valence-corrected chi connectivity index (χ4v) is 2.55. The van der Waals surface area contributed by atoms with Crippen LogP contribution in [0.2, 0.25) is 0 Å². The topological polar surface area (TPSA) is 51.9 Å². The zero-order valence-corrected chi connectivity index (χ0v) is 13.0. The molecule has 0 unspecified atom stereocenters. The number of hydrogen-bond acceptors (Lipinski definition) is 3. The highest BCUT2D eigenvalue weighted by Gasteiger charge is 2.11. The SMILES string of the molecule is CCCCn1c[n+](Cc2cc(=O)oc3ccc(C)cc23)cn1. The molecule has 0 aliphatic heterocycles. The van der Waals surface area contributed by atoms with Crippen LogP contribution in [-0.2, 0) is 13.1 Å². The van der Waals surface area contributed by atoms with E-state index in [1.165, 1.54) is 0 Å². The van der Waals surface area contributed by atoms with Gasteiger partial charge in [0.15, 0.2) is 0 Å². The Bertz CT molecular complexity index is 848. The van der Waals surface area contributed by atoms with Crippen LogP contribution in [0.1, 0.15) is 30.9 Å². The molecule has 5 heteroatoms. The van der Waals surface area contributed by atoms with E-state index in [0.29, 0.717) is 12.1 Å². The maximum absolute atomic E-state index is 11.7. The van der Waals surface area contributed by atoms with Crippen LogP contribution >= 0.6 is 0 Å². The summed E-state index contributed by atoms with van der Waals surface area (Å²) in [6, 6.07) is 7.42. The number of rotatable bonds is 5. The van der Waals surface area contributed by atoms with Crippen molar-refractivity contribution < 1.29 is 8.98 Å². The van der Waals surface area contributed by atoms with Crippen molar-refractivity contribution in [3.8, 4) is 0 Å². The van der Waals surface area contributed by atoms with Crippen molar-refractivity contribution in [1.29, 1.82) is 0 Å². The first-order chi connectivity index (χ1) is 10.7. The minimum atomic E-state index is -0.315. The number of fused-ring (bicyclic) bond motifs is 1. The smallest absolute Gasteiger partial charge is 0.336 e. The van der Waals surface area contributed by atoms with Gasteiger partial charge in [-0.25, -0.2) is 9.36 Å². The molecule has 5 nitrogen and oxygen atoms in total. The molecule has 2 aromatic heterocycles. The molecule has 0 N–H and O–H groups in total. The van der Waals surface area contributed by atoms with Crippen LogP contribution < -0.4 is 10.2 Å². The maximum atomic E-state index is 11.7. The van der Waals surface area contributed by atoms with Gasteiger partial charge in [-0.2, -0.15) is 0 Å². The molecule has 0 fully saturated rings. The van der Waals surface area contributed by atoms with Crippen molar-refractivity contribution in [2.45, 2.75) is 39.8 Å². The van der Waals surface area contributed by atoms with Gasteiger partial charge < -0.3 is 4.42 Å². The molecule has 3 aromatic rings. The Balaban J connectivity index is 1.94. The third-order valence-electron chi connectivity index (χ3n) is 3.71. The lowest BCUT2D eigenvalue weighted by Crippen LogP contribution is -2.32. The van der Waals surface area contributed by atoms with E-state index in [1.807, 2.05) is 34.6 Å². The standard InChI is InChI=1S/C17H20N3O2/c1-3-4-7-20-12-19(11-18-20)10-14-9-17(21)22-16-6-5-13(2)8-15(14)16/h5-6,8-9,11-12H,3-4,7,10H2,1-2H3/q+1. The van der Waals surface area contributed by atoms with E-state index < -0.39 is 0 Å². The zero-order valence-electron chi connectivity index (χ0n) is 13.0. The number of hydrogen-bond donors (Lipinski definition) is 0. The van der Waals surface area contributed by atoms with E-state index in [1.54, 1.807) is 12.4 Å². The van der Waals surface area contributed by atoms with Gasteiger partial charge in [0.1, 0.15) is 12.1 Å². The Kier molecular flexibility index (Phi) is 4.04. The summed E-state index contributed by atoms with van der Waals surface area (Å²) in [5.41, 5.74) is 2.42. The van der Waals surface area contributed by atoms with Gasteiger partial charge in [-0.1, -0.05) is 25.0 Å². The summed E-state index contributed by atoms with van der Waals surface area (Å²) in [5, 5.41) is 5.33. The van der Waals surface area contributed by atoms with E-state index in [9.17, 15) is 4.79 Å². The van der Waals surface area contributed by atoms with Crippen molar-refractivity contribution in [1.82, 2.24) is 9.78 Å². The van der Waals surface area contributed by atoms with Crippen LogP contribution in [0.5, 0.6) is 0 Å². The molecule has 0 saturated heterocycles. The average Bonchev–Trinajstić information content (AvgIpc) is 2.93. The fourth-order valence-electron chi connectivity index (χ4n) is 2.55. The molecule has 114 valence electrons. The Hall–Kier alpha value is -2.43. The first-order valence-corrected chi connectivity index (χ1v) is 7.60. The van der Waals surface area contributed by atoms with Gasteiger partial charge in [0.25, 0.3) is 6.33 Å². The van der Waals surface area contributed by atoms with Crippen molar-refractivity contribution >= 4 is 11.0 Å². The summed E-state index contributed by atoms with van der Waals surface area (Å²) in [5.74, 6) is 0. The molecular formula is C17H20N3O2+. The molecule has 22 heavy (non-hydrogen) atoms. The first kappa shape index (κ1) is 14.5. The molecular weight excluding hydrogens is 278 g/mol. The summed E-state index contributed by atoms with van der Waals surface area (Å²) in [6.07, 6.45) is 6.03. The van der Waals surface area contributed by atoms with Crippen LogP contribution in [0, 0.1) is 6.92 Å². The molecule has 0 atom stereocenters. The summed E-state index contributed by atoms with van der Waals surface area (Å²) in [4.78, 5) is 11.7. The van der Waals surface area contributed by atoms with Crippen molar-refractivity contribution in [2.24, 2.45) is 0 Å². The minimum absolute atomic E-state index is 0.315. The third-order valence-corrected chi connectivity index (χ3v) is 3.71. The molecule has 0 saturated carbocycles. The summed E-state index contributed by atoms with van der Waals surface area (Å²) < 4.78 is 9.19. The first-order valence-electron chi connectivity index (χ1n) is 7.60. The van der Waals surface area contributed by atoms with Crippen molar-refractivity contribution in [3.05, 3.63) is 58.5 Å². The predicted molar refractivity (Wildman–Crippen MR) is 83.7 cm³/mol. The Morgan fingerprint density at radius 2 is 2.18 bits per heavy atom. The van der Waals surface area contributed by atoms with Gasteiger partial charge in [0.05, 0.1) is 6.54 Å². The number of aromatic nitrogens is 3. The molecule has 1 aromatic carbocycles. The second-order valence-corrected chi connectivity index (χ2v) is 5.63. The van der Waals surface area contributed by atoms with Crippen molar-refractivity contribution in [2.75, 3.05) is 0 Å². The predicted octanol–water partition coefficient (Wildman–Crippen LogP) is 2.43. The molecule has 0 aliphatic carbocycles. The van der Waals surface area contributed by atoms with Crippen molar-refractivity contribution in [3.63, 3.8) is 0 Å². The number of benzene rings is 1. The Morgan fingerprint density at radius 1 is 1.32 bits per heavy atom. The van der Waals surface area contributed by atoms with Gasteiger partial charge in [-0.3, -0.25) is 0 Å². The second kappa shape index (κ2) is 6.13. The lowest BCUT2D eigenvalue weighted by atomic mass is 10.1. The molecule has 0 bridgehead atoms. The largest absolute Gasteiger partial charge is 0.423 e. The van der Waals surface area contributed by atoms with E-state index in [2.05, 4.69) is 18.1 Å². The molecule has 0 spiro atoms. The lowest BCUT2D eigenvalue weighted by Gasteiger charge is -2.04. The van der Waals surface area contributed by atoms with Gasteiger partial charge in [-0.05, 0) is 25.5 Å². The zero-order chi connectivity index (χ0) is 15.5. The van der Waals surface area contributed by atoms with Gasteiger partial charge in [0.2, 0.25) is 6.33 Å². The van der Waals surface area contributed by atoms with E-state index >= 15 is 0 Å². The molecule has 2 heterocycles. The van der Waals surface area contributed by atoms with Crippen LogP contribution in [0.3, 0.4) is 0 Å². The number of aryl methyl sites for hydroxylation is 2. The number of nitrogens with zero attached hydrogens (tertiary/aromatic N) is 3. The van der Waals surface area contributed by atoms with E-state index in [-0.39, 0.29) is 5.63 Å². The average molecular weight is 298 g/mol. The highest BCUT2D eigenvalue weighted by atomic mass is 16.4. The van der Waals surface area contributed by atoms with Crippen LogP contribution in [0.25, 0.3) is 11.0 Å². The van der Waals surface area contributed by atoms with Crippen LogP contribution in [-0.4, -0.2) is 9.78 Å². The third kappa shape index (κ3) is 3.08.